The number of alkyl halides is 3. The summed E-state index contributed by atoms with van der Waals surface area (Å²) in [7, 11) is 0. The van der Waals surface area contributed by atoms with Gasteiger partial charge in [0.15, 0.2) is 0 Å². The number of hydrogen-bond donors (Lipinski definition) is 0. The molecule has 5 heteroatoms. The Morgan fingerprint density at radius 1 is 1.43 bits per heavy atom. The molecule has 0 bridgehead atoms. The first-order valence-corrected chi connectivity index (χ1v) is 4.20. The smallest absolute Gasteiger partial charge is 0.423 e. The van der Waals surface area contributed by atoms with E-state index >= 15 is 0 Å². The van der Waals surface area contributed by atoms with Gasteiger partial charge in [0.25, 0.3) is 0 Å². The molecule has 0 saturated carbocycles. The van der Waals surface area contributed by atoms with Crippen LogP contribution >= 0.6 is 0 Å². The average Bonchev–Trinajstić information content (AvgIpc) is 2.26. The first kappa shape index (κ1) is 11.1. The summed E-state index contributed by atoms with van der Waals surface area (Å²) in [6, 6.07) is 0. The molecule has 80 valence electrons. The van der Waals surface area contributed by atoms with Gasteiger partial charge in [-0.15, -0.1) is 0 Å². The highest BCUT2D eigenvalue weighted by atomic mass is 19.4. The van der Waals surface area contributed by atoms with Crippen LogP contribution in [-0.4, -0.2) is 17.7 Å². The van der Waals surface area contributed by atoms with E-state index in [4.69, 9.17) is 4.74 Å². The maximum atomic E-state index is 12.2. The van der Waals surface area contributed by atoms with E-state index in [-0.39, 0.29) is 5.92 Å². The van der Waals surface area contributed by atoms with E-state index < -0.39 is 23.3 Å². The number of carbonyl (C=O) groups excluding carboxylic acids is 1. The molecule has 14 heavy (non-hydrogen) atoms. The Balaban J connectivity index is 3.05. The molecule has 1 atom stereocenters. The van der Waals surface area contributed by atoms with Crippen molar-refractivity contribution in [3.05, 3.63) is 11.6 Å². The Kier molecular flexibility index (Phi) is 2.37. The standard InChI is InChI=1S/C9H11F3O2/c1-5(2)8(3)4-6(7(13)14-8)9(10,11)12/h4-5H,1-3H3. The Labute approximate surface area is 79.7 Å². The predicted molar refractivity (Wildman–Crippen MR) is 43.5 cm³/mol. The SMILES string of the molecule is CC(C)C1(C)C=C(C(F)(F)F)C(=O)O1. The fourth-order valence-electron chi connectivity index (χ4n) is 1.11. The van der Waals surface area contributed by atoms with Gasteiger partial charge in [0.05, 0.1) is 0 Å². The van der Waals surface area contributed by atoms with Crippen molar-refractivity contribution in [1.82, 2.24) is 0 Å². The summed E-state index contributed by atoms with van der Waals surface area (Å²) in [4.78, 5) is 10.9. The lowest BCUT2D eigenvalue weighted by molar-refractivity contribution is -0.155. The van der Waals surface area contributed by atoms with Gasteiger partial charge in [-0.3, -0.25) is 0 Å². The Morgan fingerprint density at radius 3 is 2.14 bits per heavy atom. The van der Waals surface area contributed by atoms with Crippen molar-refractivity contribution >= 4 is 5.97 Å². The molecule has 1 rings (SSSR count). The lowest BCUT2D eigenvalue weighted by atomic mass is 9.92. The van der Waals surface area contributed by atoms with Crippen molar-refractivity contribution in [2.75, 3.05) is 0 Å². The van der Waals surface area contributed by atoms with Crippen LogP contribution in [0.2, 0.25) is 0 Å². The molecule has 0 aromatic heterocycles. The van der Waals surface area contributed by atoms with Crippen molar-refractivity contribution in [2.24, 2.45) is 5.92 Å². The summed E-state index contributed by atoms with van der Waals surface area (Å²) in [5.41, 5.74) is -2.34. The van der Waals surface area contributed by atoms with Gasteiger partial charge in [0.2, 0.25) is 0 Å². The third-order valence-corrected chi connectivity index (χ3v) is 2.42. The molecule has 0 aliphatic carbocycles. The summed E-state index contributed by atoms with van der Waals surface area (Å²) in [5.74, 6) is -1.47. The largest absolute Gasteiger partial charge is 0.451 e. The molecule has 0 fully saturated rings. The quantitative estimate of drug-likeness (QED) is 0.618. The zero-order chi connectivity index (χ0) is 11.1. The van der Waals surface area contributed by atoms with Crippen LogP contribution in [0.25, 0.3) is 0 Å². The molecule has 0 amide bonds. The van der Waals surface area contributed by atoms with Gasteiger partial charge in [0.1, 0.15) is 11.2 Å². The number of esters is 1. The van der Waals surface area contributed by atoms with Gasteiger partial charge >= 0.3 is 12.1 Å². The van der Waals surface area contributed by atoms with Crippen LogP contribution in [0.15, 0.2) is 11.6 Å². The Bertz CT molecular complexity index is 291. The lowest BCUT2D eigenvalue weighted by Gasteiger charge is -2.25. The average molecular weight is 208 g/mol. The van der Waals surface area contributed by atoms with E-state index in [2.05, 4.69) is 0 Å². The zero-order valence-electron chi connectivity index (χ0n) is 8.11. The van der Waals surface area contributed by atoms with E-state index in [0.29, 0.717) is 0 Å². The predicted octanol–water partition coefficient (Wildman–Crippen LogP) is 2.45. The van der Waals surface area contributed by atoms with Gasteiger partial charge in [0, 0.05) is 0 Å². The van der Waals surface area contributed by atoms with Crippen LogP contribution in [0.5, 0.6) is 0 Å². The number of ether oxygens (including phenoxy) is 1. The van der Waals surface area contributed by atoms with Crippen molar-refractivity contribution in [3.8, 4) is 0 Å². The topological polar surface area (TPSA) is 26.3 Å². The minimum absolute atomic E-state index is 0.189. The van der Waals surface area contributed by atoms with Gasteiger partial charge in [-0.05, 0) is 18.9 Å². The zero-order valence-corrected chi connectivity index (χ0v) is 8.11. The van der Waals surface area contributed by atoms with Gasteiger partial charge in [-0.2, -0.15) is 13.2 Å². The molecule has 2 nitrogen and oxygen atoms in total. The molecule has 1 heterocycles. The maximum absolute atomic E-state index is 12.2. The molecule has 0 saturated heterocycles. The minimum atomic E-state index is -4.62. The molecule has 0 spiro atoms. The maximum Gasteiger partial charge on any atom is 0.423 e. The molecular formula is C9H11F3O2. The molecular weight excluding hydrogens is 197 g/mol. The van der Waals surface area contributed by atoms with Crippen molar-refractivity contribution in [3.63, 3.8) is 0 Å². The first-order valence-electron chi connectivity index (χ1n) is 4.20. The summed E-state index contributed by atoms with van der Waals surface area (Å²) in [5, 5.41) is 0. The summed E-state index contributed by atoms with van der Waals surface area (Å²) in [6.07, 6.45) is -3.76. The van der Waals surface area contributed by atoms with Gasteiger partial charge in [-0.25, -0.2) is 4.79 Å². The van der Waals surface area contributed by atoms with Crippen molar-refractivity contribution in [2.45, 2.75) is 32.5 Å². The second kappa shape index (κ2) is 3.00. The number of rotatable bonds is 1. The molecule has 0 radical (unpaired) electrons. The van der Waals surface area contributed by atoms with Crippen LogP contribution in [0.4, 0.5) is 13.2 Å². The lowest BCUT2D eigenvalue weighted by Crippen LogP contribution is -2.30. The molecule has 1 unspecified atom stereocenters. The monoisotopic (exact) mass is 208 g/mol. The first-order chi connectivity index (χ1) is 6.17. The van der Waals surface area contributed by atoms with E-state index in [0.717, 1.165) is 6.08 Å². The van der Waals surface area contributed by atoms with Crippen molar-refractivity contribution in [1.29, 1.82) is 0 Å². The van der Waals surface area contributed by atoms with Crippen LogP contribution in [0.1, 0.15) is 20.8 Å². The van der Waals surface area contributed by atoms with Crippen LogP contribution < -0.4 is 0 Å². The number of hydrogen-bond acceptors (Lipinski definition) is 2. The van der Waals surface area contributed by atoms with E-state index in [1.54, 1.807) is 13.8 Å². The van der Waals surface area contributed by atoms with Crippen molar-refractivity contribution < 1.29 is 22.7 Å². The van der Waals surface area contributed by atoms with Crippen LogP contribution in [0, 0.1) is 5.92 Å². The summed E-state index contributed by atoms with van der Waals surface area (Å²) < 4.78 is 41.4. The third-order valence-electron chi connectivity index (χ3n) is 2.42. The fraction of sp³-hybridized carbons (Fsp3) is 0.667. The number of carbonyl (C=O) groups is 1. The molecule has 0 aromatic carbocycles. The minimum Gasteiger partial charge on any atom is -0.451 e. The highest BCUT2D eigenvalue weighted by Crippen LogP contribution is 2.38. The fourth-order valence-corrected chi connectivity index (χ4v) is 1.11. The Hall–Kier alpha value is -1.00. The van der Waals surface area contributed by atoms with Gasteiger partial charge in [-0.1, -0.05) is 13.8 Å². The normalized spacial score (nSPS) is 27.9. The van der Waals surface area contributed by atoms with Crippen LogP contribution in [-0.2, 0) is 9.53 Å². The second-order valence-corrected chi connectivity index (χ2v) is 3.78. The summed E-state index contributed by atoms with van der Waals surface area (Å²) >= 11 is 0. The highest BCUT2D eigenvalue weighted by Gasteiger charge is 2.49. The second-order valence-electron chi connectivity index (χ2n) is 3.78. The van der Waals surface area contributed by atoms with E-state index in [1.165, 1.54) is 6.92 Å². The molecule has 0 aromatic rings. The third kappa shape index (κ3) is 1.76. The van der Waals surface area contributed by atoms with Gasteiger partial charge < -0.3 is 4.74 Å². The van der Waals surface area contributed by atoms with E-state index in [1.807, 2.05) is 0 Å². The number of cyclic esters (lactones) is 1. The Morgan fingerprint density at radius 2 is 1.93 bits per heavy atom. The molecule has 1 aliphatic heterocycles. The molecule has 0 N–H and O–H groups in total. The number of halogens is 3. The van der Waals surface area contributed by atoms with Crippen LogP contribution in [0.3, 0.4) is 0 Å². The van der Waals surface area contributed by atoms with E-state index in [9.17, 15) is 18.0 Å². The highest BCUT2D eigenvalue weighted by molar-refractivity contribution is 5.92. The summed E-state index contributed by atoms with van der Waals surface area (Å²) in [6.45, 7) is 4.86. The molecule has 1 aliphatic rings.